The third kappa shape index (κ3) is 3.43. The molecule has 1 aliphatic carbocycles. The molecule has 5 nitrogen and oxygen atoms in total. The van der Waals surface area contributed by atoms with Gasteiger partial charge >= 0.3 is 5.97 Å². The Morgan fingerprint density at radius 3 is 2.52 bits per heavy atom. The first-order valence-electron chi connectivity index (χ1n) is 9.82. The SMILES string of the molecule is C[C@@H]1C(=O)Nc2ccc(C(=O)COC(=O)C3(c4ccc(F)cc4)CCCC3)cc21. The van der Waals surface area contributed by atoms with Crippen molar-refractivity contribution in [2.75, 3.05) is 11.9 Å². The number of carbonyl (C=O) groups excluding carboxylic acids is 3. The van der Waals surface area contributed by atoms with Gasteiger partial charge in [-0.3, -0.25) is 14.4 Å². The summed E-state index contributed by atoms with van der Waals surface area (Å²) in [4.78, 5) is 37.3. The molecule has 0 radical (unpaired) electrons. The van der Waals surface area contributed by atoms with Crippen LogP contribution in [0.4, 0.5) is 10.1 Å². The Balaban J connectivity index is 1.48. The van der Waals surface area contributed by atoms with Gasteiger partial charge in [0.05, 0.1) is 11.3 Å². The average molecular weight is 395 g/mol. The molecule has 29 heavy (non-hydrogen) atoms. The van der Waals surface area contributed by atoms with Crippen LogP contribution in [0.5, 0.6) is 0 Å². The largest absolute Gasteiger partial charge is 0.457 e. The third-order valence-corrected chi connectivity index (χ3v) is 6.07. The summed E-state index contributed by atoms with van der Waals surface area (Å²) in [5.41, 5.74) is 1.78. The second-order valence-corrected chi connectivity index (χ2v) is 7.81. The fourth-order valence-corrected chi connectivity index (χ4v) is 4.30. The van der Waals surface area contributed by atoms with E-state index in [1.165, 1.54) is 12.1 Å². The van der Waals surface area contributed by atoms with E-state index in [4.69, 9.17) is 4.74 Å². The van der Waals surface area contributed by atoms with Crippen LogP contribution >= 0.6 is 0 Å². The maximum atomic E-state index is 13.3. The van der Waals surface area contributed by atoms with Crippen LogP contribution in [0, 0.1) is 5.82 Å². The van der Waals surface area contributed by atoms with Crippen LogP contribution in [0.2, 0.25) is 0 Å². The summed E-state index contributed by atoms with van der Waals surface area (Å²) in [6, 6.07) is 10.9. The van der Waals surface area contributed by atoms with Crippen molar-refractivity contribution in [1.82, 2.24) is 0 Å². The van der Waals surface area contributed by atoms with Gasteiger partial charge in [0.25, 0.3) is 0 Å². The second kappa shape index (κ2) is 7.43. The van der Waals surface area contributed by atoms with Crippen molar-refractivity contribution in [3.8, 4) is 0 Å². The zero-order valence-electron chi connectivity index (χ0n) is 16.2. The number of benzene rings is 2. The molecule has 1 N–H and O–H groups in total. The van der Waals surface area contributed by atoms with Crippen LogP contribution in [-0.4, -0.2) is 24.3 Å². The second-order valence-electron chi connectivity index (χ2n) is 7.81. The van der Waals surface area contributed by atoms with Crippen molar-refractivity contribution in [3.63, 3.8) is 0 Å². The van der Waals surface area contributed by atoms with Gasteiger partial charge < -0.3 is 10.1 Å². The number of Topliss-reactive ketones (excluding diaryl/α,β-unsaturated/α-hetero) is 1. The number of carbonyl (C=O) groups is 3. The minimum absolute atomic E-state index is 0.0986. The molecule has 2 aromatic carbocycles. The van der Waals surface area contributed by atoms with Crippen molar-refractivity contribution in [2.24, 2.45) is 0 Å². The fraction of sp³-hybridized carbons (Fsp3) is 0.348. The van der Waals surface area contributed by atoms with Gasteiger partial charge in [0.1, 0.15) is 5.82 Å². The number of hydrogen-bond donors (Lipinski definition) is 1. The Morgan fingerprint density at radius 2 is 1.83 bits per heavy atom. The standard InChI is InChI=1S/C23H22FNO4/c1-14-18-12-15(4-9-19(18)25-21(14)27)20(26)13-29-22(28)23(10-2-3-11-23)16-5-7-17(24)8-6-16/h4-9,12,14H,2-3,10-11,13H2,1H3,(H,25,27)/t14-/m0/s1. The highest BCUT2D eigenvalue weighted by atomic mass is 19.1. The van der Waals surface area contributed by atoms with Crippen LogP contribution in [0.25, 0.3) is 0 Å². The number of ether oxygens (including phenoxy) is 1. The molecule has 2 aromatic rings. The third-order valence-electron chi connectivity index (χ3n) is 6.07. The number of halogens is 1. The fourth-order valence-electron chi connectivity index (χ4n) is 4.30. The molecule has 0 spiro atoms. The molecular formula is C23H22FNO4. The molecule has 1 heterocycles. The predicted molar refractivity (Wildman–Crippen MR) is 105 cm³/mol. The molecule has 1 aliphatic heterocycles. The zero-order chi connectivity index (χ0) is 20.6. The Morgan fingerprint density at radius 1 is 1.14 bits per heavy atom. The number of rotatable bonds is 5. The first-order chi connectivity index (χ1) is 13.9. The quantitative estimate of drug-likeness (QED) is 0.611. The number of fused-ring (bicyclic) bond motifs is 1. The minimum Gasteiger partial charge on any atom is -0.457 e. The van der Waals surface area contributed by atoms with Gasteiger partial charge in [-0.25, -0.2) is 4.39 Å². The van der Waals surface area contributed by atoms with Gasteiger partial charge in [0, 0.05) is 11.3 Å². The number of anilines is 1. The van der Waals surface area contributed by atoms with Crippen LogP contribution in [0.15, 0.2) is 42.5 Å². The van der Waals surface area contributed by atoms with Crippen molar-refractivity contribution in [1.29, 1.82) is 0 Å². The Kier molecular flexibility index (Phi) is 4.94. The van der Waals surface area contributed by atoms with E-state index in [0.29, 0.717) is 24.1 Å². The smallest absolute Gasteiger partial charge is 0.317 e. The van der Waals surface area contributed by atoms with E-state index in [9.17, 15) is 18.8 Å². The van der Waals surface area contributed by atoms with E-state index in [1.54, 1.807) is 37.3 Å². The highest BCUT2D eigenvalue weighted by molar-refractivity contribution is 6.05. The maximum Gasteiger partial charge on any atom is 0.317 e. The Labute approximate surface area is 168 Å². The van der Waals surface area contributed by atoms with E-state index in [1.807, 2.05) is 0 Å². The molecule has 0 bridgehead atoms. The van der Waals surface area contributed by atoms with E-state index in [2.05, 4.69) is 5.32 Å². The highest BCUT2D eigenvalue weighted by Gasteiger charge is 2.44. The van der Waals surface area contributed by atoms with Crippen molar-refractivity contribution in [3.05, 3.63) is 65.0 Å². The van der Waals surface area contributed by atoms with Crippen molar-refractivity contribution in [2.45, 2.75) is 43.9 Å². The molecule has 4 rings (SSSR count). The monoisotopic (exact) mass is 395 g/mol. The Hall–Kier alpha value is -3.02. The summed E-state index contributed by atoms with van der Waals surface area (Å²) in [6.45, 7) is 1.41. The molecule has 1 saturated carbocycles. The number of nitrogens with one attached hydrogen (secondary N) is 1. The van der Waals surface area contributed by atoms with Crippen LogP contribution in [0.1, 0.15) is 60.0 Å². The van der Waals surface area contributed by atoms with E-state index in [-0.39, 0.29) is 30.0 Å². The van der Waals surface area contributed by atoms with Crippen molar-refractivity contribution >= 4 is 23.3 Å². The van der Waals surface area contributed by atoms with Crippen LogP contribution in [-0.2, 0) is 19.7 Å². The molecule has 0 aromatic heterocycles. The highest BCUT2D eigenvalue weighted by Crippen LogP contribution is 2.42. The summed E-state index contributed by atoms with van der Waals surface area (Å²) >= 11 is 0. The first-order valence-corrected chi connectivity index (χ1v) is 9.82. The zero-order valence-corrected chi connectivity index (χ0v) is 16.2. The lowest BCUT2D eigenvalue weighted by Crippen LogP contribution is -2.35. The molecule has 2 aliphatic rings. The number of hydrogen-bond acceptors (Lipinski definition) is 4. The molecule has 1 atom stereocenters. The van der Waals surface area contributed by atoms with E-state index in [0.717, 1.165) is 24.0 Å². The Bertz CT molecular complexity index is 977. The molecule has 6 heteroatoms. The number of esters is 1. The summed E-state index contributed by atoms with van der Waals surface area (Å²) < 4.78 is 18.7. The lowest BCUT2D eigenvalue weighted by atomic mass is 9.79. The maximum absolute atomic E-state index is 13.3. The van der Waals surface area contributed by atoms with Gasteiger partial charge in [-0.1, -0.05) is 25.0 Å². The van der Waals surface area contributed by atoms with Gasteiger partial charge in [-0.05, 0) is 61.2 Å². The molecule has 0 unspecified atom stereocenters. The van der Waals surface area contributed by atoms with Gasteiger partial charge in [0.15, 0.2) is 12.4 Å². The predicted octanol–water partition coefficient (Wildman–Crippen LogP) is 4.12. The lowest BCUT2D eigenvalue weighted by molar-refractivity contribution is -0.149. The van der Waals surface area contributed by atoms with E-state index >= 15 is 0 Å². The summed E-state index contributed by atoms with van der Waals surface area (Å²) in [5, 5.41) is 2.77. The molecule has 0 saturated heterocycles. The van der Waals surface area contributed by atoms with Gasteiger partial charge in [-0.2, -0.15) is 0 Å². The minimum atomic E-state index is -0.823. The molecule has 150 valence electrons. The summed E-state index contributed by atoms with van der Waals surface area (Å²) in [6.07, 6.45) is 3.00. The van der Waals surface area contributed by atoms with Gasteiger partial charge in [-0.15, -0.1) is 0 Å². The van der Waals surface area contributed by atoms with Crippen LogP contribution in [0.3, 0.4) is 0 Å². The van der Waals surface area contributed by atoms with E-state index < -0.39 is 11.4 Å². The van der Waals surface area contributed by atoms with Crippen molar-refractivity contribution < 1.29 is 23.5 Å². The number of amides is 1. The number of ketones is 1. The first kappa shape index (κ1) is 19.3. The lowest BCUT2D eigenvalue weighted by Gasteiger charge is -2.27. The van der Waals surface area contributed by atoms with Gasteiger partial charge in [0.2, 0.25) is 5.91 Å². The summed E-state index contributed by atoms with van der Waals surface area (Å²) in [5.74, 6) is -1.54. The topological polar surface area (TPSA) is 72.5 Å². The van der Waals surface area contributed by atoms with Crippen LogP contribution < -0.4 is 5.32 Å². The normalized spacial score (nSPS) is 19.5. The average Bonchev–Trinajstić information content (AvgIpc) is 3.32. The molecular weight excluding hydrogens is 373 g/mol. The molecule has 1 amide bonds. The summed E-state index contributed by atoms with van der Waals surface area (Å²) in [7, 11) is 0. The molecule has 1 fully saturated rings.